The molecule has 0 bridgehead atoms. The third-order valence-electron chi connectivity index (χ3n) is 5.84. The molecule has 2 amide bonds. The van der Waals surface area contributed by atoms with Crippen molar-refractivity contribution < 1.29 is 18.0 Å². The molecule has 0 saturated carbocycles. The molecule has 0 heterocycles. The fourth-order valence-corrected chi connectivity index (χ4v) is 5.13. The number of nitrogens with one attached hydrogen (secondary N) is 1. The van der Waals surface area contributed by atoms with Gasteiger partial charge in [-0.25, -0.2) is 8.42 Å². The molecule has 3 aromatic rings. The molecule has 0 radical (unpaired) electrons. The molecule has 190 valence electrons. The van der Waals surface area contributed by atoms with Gasteiger partial charge in [0, 0.05) is 13.1 Å². The lowest BCUT2D eigenvalue weighted by Gasteiger charge is -2.32. The molecular formula is C28H33N3O4S. The van der Waals surface area contributed by atoms with E-state index in [2.05, 4.69) is 5.32 Å². The molecule has 3 aromatic carbocycles. The highest BCUT2D eigenvalue weighted by Crippen LogP contribution is 2.24. The standard InChI is InChI=1S/C28H33N3O4S/c1-4-19-29-28(33)23(3)30(20-24-11-7-5-8-12-24)27(32)21-31(25-13-9-6-10-14-25)36(34,35)26-17-15-22(2)16-18-26/h5-18,23H,4,19-21H2,1-3H3,(H,29,33)/t23-/m0/s1. The van der Waals surface area contributed by atoms with Crippen molar-refractivity contribution in [1.82, 2.24) is 10.2 Å². The first kappa shape index (κ1) is 26.9. The normalized spacial score (nSPS) is 12.0. The average molecular weight is 508 g/mol. The number of para-hydroxylation sites is 1. The van der Waals surface area contributed by atoms with E-state index < -0.39 is 28.5 Å². The molecule has 1 atom stereocenters. The number of hydrogen-bond donors (Lipinski definition) is 1. The van der Waals surface area contributed by atoms with Gasteiger partial charge in [0.05, 0.1) is 10.6 Å². The van der Waals surface area contributed by atoms with Gasteiger partial charge in [0.1, 0.15) is 12.6 Å². The summed E-state index contributed by atoms with van der Waals surface area (Å²) in [5, 5.41) is 2.83. The van der Waals surface area contributed by atoms with Gasteiger partial charge in [-0.15, -0.1) is 0 Å². The van der Waals surface area contributed by atoms with E-state index in [4.69, 9.17) is 0 Å². The summed E-state index contributed by atoms with van der Waals surface area (Å²) in [7, 11) is -4.05. The minimum Gasteiger partial charge on any atom is -0.354 e. The van der Waals surface area contributed by atoms with E-state index in [-0.39, 0.29) is 17.3 Å². The maximum absolute atomic E-state index is 13.7. The van der Waals surface area contributed by atoms with Gasteiger partial charge in [0.2, 0.25) is 11.8 Å². The van der Waals surface area contributed by atoms with E-state index in [1.807, 2.05) is 44.2 Å². The van der Waals surface area contributed by atoms with Crippen LogP contribution in [0, 0.1) is 6.92 Å². The van der Waals surface area contributed by atoms with Gasteiger partial charge < -0.3 is 10.2 Å². The molecule has 0 fully saturated rings. The highest BCUT2D eigenvalue weighted by molar-refractivity contribution is 7.92. The van der Waals surface area contributed by atoms with Gasteiger partial charge in [-0.05, 0) is 50.1 Å². The summed E-state index contributed by atoms with van der Waals surface area (Å²) in [6.07, 6.45) is 0.766. The number of benzene rings is 3. The first-order valence-electron chi connectivity index (χ1n) is 12.0. The highest BCUT2D eigenvalue weighted by atomic mass is 32.2. The lowest BCUT2D eigenvalue weighted by molar-refractivity contribution is -0.139. The van der Waals surface area contributed by atoms with Crippen LogP contribution in [-0.2, 0) is 26.2 Å². The van der Waals surface area contributed by atoms with Crippen LogP contribution >= 0.6 is 0 Å². The molecule has 0 aliphatic rings. The monoisotopic (exact) mass is 507 g/mol. The van der Waals surface area contributed by atoms with Gasteiger partial charge in [0.15, 0.2) is 0 Å². The zero-order valence-corrected chi connectivity index (χ0v) is 21.7. The highest BCUT2D eigenvalue weighted by Gasteiger charge is 2.32. The van der Waals surface area contributed by atoms with Gasteiger partial charge in [-0.2, -0.15) is 0 Å². The summed E-state index contributed by atoms with van der Waals surface area (Å²) >= 11 is 0. The molecule has 0 aliphatic heterocycles. The molecule has 0 aromatic heterocycles. The second-order valence-electron chi connectivity index (χ2n) is 8.63. The Morgan fingerprint density at radius 2 is 1.47 bits per heavy atom. The summed E-state index contributed by atoms with van der Waals surface area (Å²) < 4.78 is 28.5. The van der Waals surface area contributed by atoms with Crippen molar-refractivity contribution >= 4 is 27.5 Å². The van der Waals surface area contributed by atoms with Gasteiger partial charge >= 0.3 is 0 Å². The zero-order chi connectivity index (χ0) is 26.1. The van der Waals surface area contributed by atoms with Gasteiger partial charge in [0.25, 0.3) is 10.0 Å². The largest absolute Gasteiger partial charge is 0.354 e. The van der Waals surface area contributed by atoms with Crippen molar-refractivity contribution in [3.8, 4) is 0 Å². The Balaban J connectivity index is 1.97. The fourth-order valence-electron chi connectivity index (χ4n) is 3.72. The number of amides is 2. The number of anilines is 1. The summed E-state index contributed by atoms with van der Waals surface area (Å²) in [6.45, 7) is 5.71. The molecule has 1 N–H and O–H groups in total. The van der Waals surface area contributed by atoms with E-state index >= 15 is 0 Å². The van der Waals surface area contributed by atoms with Crippen molar-refractivity contribution in [2.24, 2.45) is 0 Å². The number of nitrogens with zero attached hydrogens (tertiary/aromatic N) is 2. The molecule has 0 saturated heterocycles. The predicted octanol–water partition coefficient (Wildman–Crippen LogP) is 4.13. The van der Waals surface area contributed by atoms with E-state index in [9.17, 15) is 18.0 Å². The van der Waals surface area contributed by atoms with E-state index in [1.165, 1.54) is 17.0 Å². The van der Waals surface area contributed by atoms with Crippen LogP contribution in [0.1, 0.15) is 31.4 Å². The molecular weight excluding hydrogens is 474 g/mol. The van der Waals surface area contributed by atoms with Crippen LogP contribution in [0.5, 0.6) is 0 Å². The third-order valence-corrected chi connectivity index (χ3v) is 7.63. The van der Waals surface area contributed by atoms with Crippen molar-refractivity contribution in [1.29, 1.82) is 0 Å². The maximum Gasteiger partial charge on any atom is 0.264 e. The first-order chi connectivity index (χ1) is 17.2. The molecule has 0 unspecified atom stereocenters. The van der Waals surface area contributed by atoms with Crippen LogP contribution in [0.3, 0.4) is 0 Å². The van der Waals surface area contributed by atoms with Crippen LogP contribution in [0.15, 0.2) is 89.8 Å². The van der Waals surface area contributed by atoms with Crippen LogP contribution in [0.25, 0.3) is 0 Å². The SMILES string of the molecule is CCCNC(=O)[C@H](C)N(Cc1ccccc1)C(=O)CN(c1ccccc1)S(=O)(=O)c1ccc(C)cc1. The van der Waals surface area contributed by atoms with E-state index in [0.29, 0.717) is 12.2 Å². The molecule has 7 nitrogen and oxygen atoms in total. The first-order valence-corrected chi connectivity index (χ1v) is 13.4. The lowest BCUT2D eigenvalue weighted by atomic mass is 10.1. The summed E-state index contributed by atoms with van der Waals surface area (Å²) in [6, 6.07) is 23.6. The minimum absolute atomic E-state index is 0.0908. The van der Waals surface area contributed by atoms with Crippen molar-refractivity contribution in [2.45, 2.75) is 44.7 Å². The van der Waals surface area contributed by atoms with Crippen molar-refractivity contribution in [3.05, 3.63) is 96.1 Å². The number of sulfonamides is 1. The average Bonchev–Trinajstić information content (AvgIpc) is 2.89. The third kappa shape index (κ3) is 6.73. The smallest absolute Gasteiger partial charge is 0.264 e. The van der Waals surface area contributed by atoms with Crippen LogP contribution in [0.4, 0.5) is 5.69 Å². The van der Waals surface area contributed by atoms with E-state index in [1.54, 1.807) is 49.4 Å². The maximum atomic E-state index is 13.7. The second kappa shape index (κ2) is 12.4. The number of rotatable bonds is 11. The summed E-state index contributed by atoms with van der Waals surface area (Å²) in [5.41, 5.74) is 2.14. The predicted molar refractivity (Wildman–Crippen MR) is 142 cm³/mol. The Kier molecular flexibility index (Phi) is 9.25. The quantitative estimate of drug-likeness (QED) is 0.423. The molecule has 36 heavy (non-hydrogen) atoms. The summed E-state index contributed by atoms with van der Waals surface area (Å²) in [4.78, 5) is 28.1. The Hall–Kier alpha value is -3.65. The lowest BCUT2D eigenvalue weighted by Crippen LogP contribution is -2.51. The Bertz CT molecular complexity index is 1250. The Morgan fingerprint density at radius 3 is 2.06 bits per heavy atom. The Morgan fingerprint density at radius 1 is 0.889 bits per heavy atom. The molecule has 0 aliphatic carbocycles. The van der Waals surface area contributed by atoms with Crippen molar-refractivity contribution in [3.63, 3.8) is 0 Å². The van der Waals surface area contributed by atoms with Crippen molar-refractivity contribution in [2.75, 3.05) is 17.4 Å². The number of hydrogen-bond acceptors (Lipinski definition) is 4. The number of aryl methyl sites for hydroxylation is 1. The van der Waals surface area contributed by atoms with Crippen LogP contribution in [0.2, 0.25) is 0 Å². The fraction of sp³-hybridized carbons (Fsp3) is 0.286. The van der Waals surface area contributed by atoms with E-state index in [0.717, 1.165) is 21.9 Å². The molecule has 8 heteroatoms. The summed E-state index contributed by atoms with van der Waals surface area (Å²) in [5.74, 6) is -0.758. The zero-order valence-electron chi connectivity index (χ0n) is 20.9. The van der Waals surface area contributed by atoms with Gasteiger partial charge in [-0.3, -0.25) is 13.9 Å². The minimum atomic E-state index is -4.05. The number of carbonyl (C=O) groups is 2. The molecule has 0 spiro atoms. The molecule has 3 rings (SSSR count). The van der Waals surface area contributed by atoms with Gasteiger partial charge in [-0.1, -0.05) is 73.2 Å². The second-order valence-corrected chi connectivity index (χ2v) is 10.5. The van der Waals surface area contributed by atoms with Crippen LogP contribution < -0.4 is 9.62 Å². The topological polar surface area (TPSA) is 86.8 Å². The van der Waals surface area contributed by atoms with Crippen LogP contribution in [-0.4, -0.2) is 44.3 Å². The number of carbonyl (C=O) groups excluding carboxylic acids is 2. The Labute approximate surface area is 213 Å².